The molecular weight excluding hydrogens is 342 g/mol. The van der Waals surface area contributed by atoms with Gasteiger partial charge in [-0.2, -0.15) is 11.8 Å². The number of hydrogen-bond donors (Lipinski definition) is 2. The van der Waals surface area contributed by atoms with Gasteiger partial charge in [-0.05, 0) is 63.9 Å². The largest absolute Gasteiger partial charge is 0.392 e. The van der Waals surface area contributed by atoms with Gasteiger partial charge >= 0.3 is 0 Å². The van der Waals surface area contributed by atoms with Crippen molar-refractivity contribution in [2.24, 2.45) is 17.8 Å². The van der Waals surface area contributed by atoms with Crippen molar-refractivity contribution in [2.45, 2.75) is 64.1 Å². The van der Waals surface area contributed by atoms with Gasteiger partial charge in [0.2, 0.25) is 0 Å². The van der Waals surface area contributed by atoms with Gasteiger partial charge in [-0.3, -0.25) is 0 Å². The van der Waals surface area contributed by atoms with Crippen molar-refractivity contribution in [1.82, 2.24) is 4.90 Å². The standard InChI is InChI=1S/C22H39NO2S/c1-4-5-6-8-19(24)9-10-20-21-14-17(13-18(21)15-22(20)25)16-26-12-7-11-23(2)3/h9-10,13,18-22,24-25H,4-8,11-12,14-16H2,1-3H3/b10-9+/t18-,19-,20+,21-,22+/m0/s1. The Hall–Kier alpha value is -0.290. The number of allylic oxidation sites excluding steroid dienone is 1. The molecule has 2 aliphatic carbocycles. The third-order valence-corrected chi connectivity index (χ3v) is 6.94. The molecule has 2 N–H and O–H groups in total. The van der Waals surface area contributed by atoms with E-state index in [-0.39, 0.29) is 18.1 Å². The molecule has 5 atom stereocenters. The first-order chi connectivity index (χ1) is 12.5. The van der Waals surface area contributed by atoms with Gasteiger partial charge in [0, 0.05) is 11.7 Å². The van der Waals surface area contributed by atoms with Crippen molar-refractivity contribution >= 4 is 11.8 Å². The van der Waals surface area contributed by atoms with Crippen LogP contribution in [0, 0.1) is 17.8 Å². The number of thioether (sulfide) groups is 1. The first-order valence-corrected chi connectivity index (χ1v) is 11.6. The highest BCUT2D eigenvalue weighted by atomic mass is 32.2. The minimum absolute atomic E-state index is 0.216. The van der Waals surface area contributed by atoms with Crippen molar-refractivity contribution in [3.8, 4) is 0 Å². The molecule has 1 fully saturated rings. The predicted molar refractivity (Wildman–Crippen MR) is 114 cm³/mol. The van der Waals surface area contributed by atoms with E-state index in [1.807, 2.05) is 17.8 Å². The molecule has 0 aliphatic heterocycles. The molecule has 4 heteroatoms. The number of aliphatic hydroxyl groups excluding tert-OH is 2. The molecule has 26 heavy (non-hydrogen) atoms. The summed E-state index contributed by atoms with van der Waals surface area (Å²) in [6.45, 7) is 3.35. The molecule has 3 nitrogen and oxygen atoms in total. The van der Waals surface area contributed by atoms with Gasteiger partial charge in [-0.15, -0.1) is 0 Å². The molecule has 2 rings (SSSR count). The van der Waals surface area contributed by atoms with Crippen LogP contribution in [0.4, 0.5) is 0 Å². The zero-order valence-corrected chi connectivity index (χ0v) is 17.8. The quantitative estimate of drug-likeness (QED) is 0.394. The Morgan fingerprint density at radius 3 is 2.85 bits per heavy atom. The van der Waals surface area contributed by atoms with Crippen molar-refractivity contribution in [2.75, 3.05) is 32.1 Å². The van der Waals surface area contributed by atoms with Crippen LogP contribution in [0.15, 0.2) is 23.8 Å². The van der Waals surface area contributed by atoms with E-state index in [4.69, 9.17) is 0 Å². The fourth-order valence-corrected chi connectivity index (χ4v) is 5.31. The Morgan fingerprint density at radius 1 is 1.31 bits per heavy atom. The van der Waals surface area contributed by atoms with E-state index in [0.29, 0.717) is 11.8 Å². The summed E-state index contributed by atoms with van der Waals surface area (Å²) in [5, 5.41) is 20.6. The van der Waals surface area contributed by atoms with Crippen molar-refractivity contribution in [3.05, 3.63) is 23.8 Å². The van der Waals surface area contributed by atoms with Crippen LogP contribution in [0.2, 0.25) is 0 Å². The van der Waals surface area contributed by atoms with E-state index in [1.165, 1.54) is 25.0 Å². The van der Waals surface area contributed by atoms with E-state index in [2.05, 4.69) is 38.1 Å². The smallest absolute Gasteiger partial charge is 0.0721 e. The van der Waals surface area contributed by atoms with Crippen LogP contribution in [0.1, 0.15) is 51.9 Å². The number of aliphatic hydroxyl groups is 2. The fourth-order valence-electron chi connectivity index (χ4n) is 4.35. The van der Waals surface area contributed by atoms with Gasteiger partial charge in [0.1, 0.15) is 0 Å². The Kier molecular flexibility index (Phi) is 9.76. The second-order valence-electron chi connectivity index (χ2n) is 8.39. The summed E-state index contributed by atoms with van der Waals surface area (Å²) >= 11 is 2.05. The SMILES string of the molecule is CCCCC[C@H](O)/C=C/[C@@H]1[C@H]2CC(CSCCCN(C)C)=C[C@H]2C[C@H]1O. The Bertz CT molecular complexity index is 463. The fraction of sp³-hybridized carbons (Fsp3) is 0.818. The van der Waals surface area contributed by atoms with E-state index in [9.17, 15) is 10.2 Å². The minimum Gasteiger partial charge on any atom is -0.392 e. The van der Waals surface area contributed by atoms with E-state index in [0.717, 1.165) is 38.0 Å². The first-order valence-electron chi connectivity index (χ1n) is 10.5. The van der Waals surface area contributed by atoms with Crippen molar-refractivity contribution in [3.63, 3.8) is 0 Å². The zero-order valence-electron chi connectivity index (χ0n) is 16.9. The van der Waals surface area contributed by atoms with Gasteiger partial charge in [0.05, 0.1) is 12.2 Å². The summed E-state index contributed by atoms with van der Waals surface area (Å²) < 4.78 is 0. The number of rotatable bonds is 12. The van der Waals surface area contributed by atoms with Gasteiger partial charge in [0.15, 0.2) is 0 Å². The minimum atomic E-state index is -0.353. The van der Waals surface area contributed by atoms with Crippen molar-refractivity contribution < 1.29 is 10.2 Å². The average molecular weight is 382 g/mol. The highest BCUT2D eigenvalue weighted by molar-refractivity contribution is 7.99. The molecule has 0 aromatic rings. The molecule has 2 aliphatic rings. The summed E-state index contributed by atoms with van der Waals surface area (Å²) in [6.07, 6.45) is 13.5. The van der Waals surface area contributed by atoms with Crippen LogP contribution < -0.4 is 0 Å². The lowest BCUT2D eigenvalue weighted by molar-refractivity contribution is 0.140. The Morgan fingerprint density at radius 2 is 2.12 bits per heavy atom. The summed E-state index contributed by atoms with van der Waals surface area (Å²) in [6, 6.07) is 0. The summed E-state index contributed by atoms with van der Waals surface area (Å²) in [5.74, 6) is 3.66. The van der Waals surface area contributed by atoms with Gasteiger partial charge < -0.3 is 15.1 Å². The van der Waals surface area contributed by atoms with Crippen molar-refractivity contribution in [1.29, 1.82) is 0 Å². The van der Waals surface area contributed by atoms with E-state index < -0.39 is 0 Å². The van der Waals surface area contributed by atoms with Gasteiger partial charge in [-0.1, -0.05) is 50.0 Å². The third kappa shape index (κ3) is 7.03. The second kappa shape index (κ2) is 11.5. The molecule has 0 spiro atoms. The summed E-state index contributed by atoms with van der Waals surface area (Å²) in [5.41, 5.74) is 1.57. The molecule has 0 unspecified atom stereocenters. The second-order valence-corrected chi connectivity index (χ2v) is 9.50. The first kappa shape index (κ1) is 22.0. The highest BCUT2D eigenvalue weighted by Gasteiger charge is 2.43. The van der Waals surface area contributed by atoms with Crippen LogP contribution >= 0.6 is 11.8 Å². The molecule has 0 amide bonds. The molecule has 0 aromatic heterocycles. The van der Waals surface area contributed by atoms with E-state index >= 15 is 0 Å². The van der Waals surface area contributed by atoms with E-state index in [1.54, 1.807) is 5.57 Å². The predicted octanol–water partition coefficient (Wildman–Crippen LogP) is 4.11. The van der Waals surface area contributed by atoms with Crippen LogP contribution in [0.3, 0.4) is 0 Å². The number of hydrogen-bond acceptors (Lipinski definition) is 4. The maximum Gasteiger partial charge on any atom is 0.0721 e. The molecule has 1 saturated carbocycles. The lowest BCUT2D eigenvalue weighted by Crippen LogP contribution is -2.18. The van der Waals surface area contributed by atoms with Crippen LogP contribution in [-0.2, 0) is 0 Å². The highest BCUT2D eigenvalue weighted by Crippen LogP contribution is 2.47. The summed E-state index contributed by atoms with van der Waals surface area (Å²) in [7, 11) is 4.26. The van der Waals surface area contributed by atoms with Gasteiger partial charge in [-0.25, -0.2) is 0 Å². The average Bonchev–Trinajstić information content (AvgIpc) is 3.09. The number of unbranched alkanes of at least 4 members (excludes halogenated alkanes) is 2. The van der Waals surface area contributed by atoms with Gasteiger partial charge in [0.25, 0.3) is 0 Å². The molecule has 0 saturated heterocycles. The monoisotopic (exact) mass is 381 g/mol. The summed E-state index contributed by atoms with van der Waals surface area (Å²) in [4.78, 5) is 2.24. The van der Waals surface area contributed by atoms with Crippen LogP contribution in [0.25, 0.3) is 0 Å². The van der Waals surface area contributed by atoms with Crippen LogP contribution in [0.5, 0.6) is 0 Å². The molecule has 0 heterocycles. The lowest BCUT2D eigenvalue weighted by Gasteiger charge is -2.19. The Balaban J connectivity index is 1.74. The Labute approximate surface area is 164 Å². The zero-order chi connectivity index (χ0) is 18.9. The normalized spacial score (nSPS) is 29.5. The third-order valence-electron chi connectivity index (χ3n) is 5.79. The maximum absolute atomic E-state index is 10.4. The molecule has 150 valence electrons. The van der Waals surface area contributed by atoms with Crippen LogP contribution in [-0.4, -0.2) is 59.5 Å². The number of fused-ring (bicyclic) bond motifs is 1. The molecule has 0 bridgehead atoms. The lowest BCUT2D eigenvalue weighted by atomic mass is 9.89. The molecule has 0 radical (unpaired) electrons. The maximum atomic E-state index is 10.4. The topological polar surface area (TPSA) is 43.7 Å². The molecular formula is C22H39NO2S. The molecule has 0 aromatic carbocycles. The number of nitrogens with zero attached hydrogens (tertiary/aromatic N) is 1.